The van der Waals surface area contributed by atoms with Crippen molar-refractivity contribution in [2.45, 2.75) is 57.6 Å². The molecule has 98 valence electrons. The number of rotatable bonds is 3. The van der Waals surface area contributed by atoms with Gasteiger partial charge in [-0.05, 0) is 39.2 Å². The summed E-state index contributed by atoms with van der Waals surface area (Å²) in [5.74, 6) is 0. The zero-order valence-electron chi connectivity index (χ0n) is 10.9. The minimum atomic E-state index is -0.459. The lowest BCUT2D eigenvalue weighted by molar-refractivity contribution is 0.0474. The number of halogens is 1. The Labute approximate surface area is 112 Å². The normalized spacial score (nSPS) is 18.8. The SMILES string of the molecule is C=C(CBr)C1(NC(=O)OC(C)(C)C)CCCC1. The van der Waals surface area contributed by atoms with E-state index in [0.717, 1.165) is 31.3 Å². The Hall–Kier alpha value is -0.510. The first-order valence-corrected chi connectivity index (χ1v) is 7.17. The van der Waals surface area contributed by atoms with Crippen molar-refractivity contribution in [1.82, 2.24) is 5.32 Å². The fourth-order valence-electron chi connectivity index (χ4n) is 2.17. The number of ether oxygens (including phenoxy) is 1. The molecule has 0 atom stereocenters. The number of carbonyl (C=O) groups excluding carboxylic acids is 1. The molecular formula is C13H22BrNO2. The average Bonchev–Trinajstić information content (AvgIpc) is 2.63. The summed E-state index contributed by atoms with van der Waals surface area (Å²) in [6.07, 6.45) is 3.82. The Morgan fingerprint density at radius 2 is 1.94 bits per heavy atom. The van der Waals surface area contributed by atoms with Crippen LogP contribution in [0.1, 0.15) is 46.5 Å². The molecule has 0 aliphatic heterocycles. The summed E-state index contributed by atoms with van der Waals surface area (Å²) in [6.45, 7) is 9.66. The van der Waals surface area contributed by atoms with Crippen LogP contribution in [0.3, 0.4) is 0 Å². The van der Waals surface area contributed by atoms with Gasteiger partial charge in [-0.3, -0.25) is 0 Å². The second-order valence-electron chi connectivity index (χ2n) is 5.65. The fraction of sp³-hybridized carbons (Fsp3) is 0.769. The van der Waals surface area contributed by atoms with Crippen LogP contribution in [0.5, 0.6) is 0 Å². The van der Waals surface area contributed by atoms with Gasteiger partial charge in [0.15, 0.2) is 0 Å². The lowest BCUT2D eigenvalue weighted by Gasteiger charge is -2.33. The van der Waals surface area contributed by atoms with E-state index in [1.165, 1.54) is 0 Å². The van der Waals surface area contributed by atoms with Crippen LogP contribution < -0.4 is 5.32 Å². The average molecular weight is 304 g/mol. The second kappa shape index (κ2) is 5.42. The summed E-state index contributed by atoms with van der Waals surface area (Å²) in [5.41, 5.74) is 0.298. The number of carbonyl (C=O) groups is 1. The van der Waals surface area contributed by atoms with Gasteiger partial charge in [0.2, 0.25) is 0 Å². The third-order valence-corrected chi connectivity index (χ3v) is 3.71. The van der Waals surface area contributed by atoms with E-state index in [2.05, 4.69) is 27.8 Å². The summed E-state index contributed by atoms with van der Waals surface area (Å²) in [7, 11) is 0. The Bertz CT molecular complexity index is 301. The summed E-state index contributed by atoms with van der Waals surface area (Å²) in [5, 5.41) is 3.72. The van der Waals surface area contributed by atoms with Gasteiger partial charge in [0.25, 0.3) is 0 Å². The van der Waals surface area contributed by atoms with Crippen molar-refractivity contribution in [3.8, 4) is 0 Å². The van der Waals surface area contributed by atoms with Crippen molar-refractivity contribution in [3.63, 3.8) is 0 Å². The quantitative estimate of drug-likeness (QED) is 0.636. The minimum absolute atomic E-state index is 0.272. The summed E-state index contributed by atoms with van der Waals surface area (Å²) >= 11 is 3.42. The molecule has 0 saturated heterocycles. The second-order valence-corrected chi connectivity index (χ2v) is 6.21. The molecule has 1 N–H and O–H groups in total. The van der Waals surface area contributed by atoms with Crippen molar-refractivity contribution in [3.05, 3.63) is 12.2 Å². The minimum Gasteiger partial charge on any atom is -0.444 e. The van der Waals surface area contributed by atoms with E-state index in [4.69, 9.17) is 4.74 Å². The predicted octanol–water partition coefficient (Wildman–Crippen LogP) is 3.78. The van der Waals surface area contributed by atoms with Gasteiger partial charge < -0.3 is 10.1 Å². The van der Waals surface area contributed by atoms with E-state index in [9.17, 15) is 4.79 Å². The van der Waals surface area contributed by atoms with Gasteiger partial charge >= 0.3 is 6.09 Å². The van der Waals surface area contributed by atoms with Crippen LogP contribution in [0.15, 0.2) is 12.2 Å². The first kappa shape index (κ1) is 14.6. The van der Waals surface area contributed by atoms with E-state index < -0.39 is 5.60 Å². The molecule has 17 heavy (non-hydrogen) atoms. The van der Waals surface area contributed by atoms with Crippen LogP contribution in [0.2, 0.25) is 0 Å². The van der Waals surface area contributed by atoms with Crippen LogP contribution in [-0.4, -0.2) is 22.6 Å². The largest absolute Gasteiger partial charge is 0.444 e. The number of alkyl halides is 1. The number of alkyl carbamates (subject to hydrolysis) is 1. The molecule has 1 fully saturated rings. The number of hydrogen-bond donors (Lipinski definition) is 1. The monoisotopic (exact) mass is 303 g/mol. The van der Waals surface area contributed by atoms with Crippen molar-refractivity contribution in [2.75, 3.05) is 5.33 Å². The first-order chi connectivity index (χ1) is 7.79. The standard InChI is InChI=1S/C13H22BrNO2/c1-10(9-14)13(7-5-6-8-13)15-11(16)17-12(2,3)4/h1,5-9H2,2-4H3,(H,15,16). The fourth-order valence-corrected chi connectivity index (χ4v) is 2.71. The van der Waals surface area contributed by atoms with Gasteiger partial charge in [-0.2, -0.15) is 0 Å². The molecule has 0 unspecified atom stereocenters. The number of hydrogen-bond acceptors (Lipinski definition) is 2. The maximum absolute atomic E-state index is 11.9. The summed E-state index contributed by atoms with van der Waals surface area (Å²) in [4.78, 5) is 11.9. The maximum Gasteiger partial charge on any atom is 0.408 e. The highest BCUT2D eigenvalue weighted by atomic mass is 79.9. The van der Waals surface area contributed by atoms with Gasteiger partial charge in [-0.15, -0.1) is 0 Å². The highest BCUT2D eigenvalue weighted by molar-refractivity contribution is 9.09. The molecule has 0 radical (unpaired) electrons. The molecule has 1 saturated carbocycles. The lowest BCUT2D eigenvalue weighted by Crippen LogP contribution is -2.49. The molecule has 4 heteroatoms. The molecular weight excluding hydrogens is 282 g/mol. The smallest absolute Gasteiger partial charge is 0.408 e. The van der Waals surface area contributed by atoms with Crippen molar-refractivity contribution >= 4 is 22.0 Å². The molecule has 1 amide bonds. The van der Waals surface area contributed by atoms with Crippen molar-refractivity contribution < 1.29 is 9.53 Å². The molecule has 0 heterocycles. The molecule has 1 aliphatic rings. The first-order valence-electron chi connectivity index (χ1n) is 6.04. The predicted molar refractivity (Wildman–Crippen MR) is 73.5 cm³/mol. The Morgan fingerprint density at radius 3 is 2.35 bits per heavy atom. The van der Waals surface area contributed by atoms with E-state index in [1.807, 2.05) is 20.8 Å². The van der Waals surface area contributed by atoms with Crippen LogP contribution in [-0.2, 0) is 4.74 Å². The Kier molecular flexibility index (Phi) is 4.64. The zero-order valence-corrected chi connectivity index (χ0v) is 12.5. The summed E-state index contributed by atoms with van der Waals surface area (Å²) < 4.78 is 5.31. The van der Waals surface area contributed by atoms with E-state index in [0.29, 0.717) is 5.33 Å². The lowest BCUT2D eigenvalue weighted by atomic mass is 9.90. The van der Waals surface area contributed by atoms with Gasteiger partial charge in [0.05, 0.1) is 5.54 Å². The molecule has 0 aromatic carbocycles. The molecule has 1 aliphatic carbocycles. The van der Waals surface area contributed by atoms with E-state index in [-0.39, 0.29) is 11.6 Å². The Balaban J connectivity index is 2.68. The highest BCUT2D eigenvalue weighted by Gasteiger charge is 2.38. The van der Waals surface area contributed by atoms with E-state index in [1.54, 1.807) is 0 Å². The summed E-state index contributed by atoms with van der Waals surface area (Å²) in [6, 6.07) is 0. The molecule has 3 nitrogen and oxygen atoms in total. The van der Waals surface area contributed by atoms with Crippen molar-refractivity contribution in [2.24, 2.45) is 0 Å². The van der Waals surface area contributed by atoms with Gasteiger partial charge in [0, 0.05) is 5.33 Å². The molecule has 0 aromatic heterocycles. The van der Waals surface area contributed by atoms with Gasteiger partial charge in [0.1, 0.15) is 5.60 Å². The molecule has 1 rings (SSSR count). The Morgan fingerprint density at radius 1 is 1.41 bits per heavy atom. The van der Waals surface area contributed by atoms with Crippen LogP contribution in [0, 0.1) is 0 Å². The number of nitrogens with one attached hydrogen (secondary N) is 1. The number of amides is 1. The van der Waals surface area contributed by atoms with Crippen molar-refractivity contribution in [1.29, 1.82) is 0 Å². The highest BCUT2D eigenvalue weighted by Crippen LogP contribution is 2.36. The van der Waals surface area contributed by atoms with Gasteiger partial charge in [-0.25, -0.2) is 4.79 Å². The van der Waals surface area contributed by atoms with Gasteiger partial charge in [-0.1, -0.05) is 35.4 Å². The molecule has 0 aromatic rings. The van der Waals surface area contributed by atoms with Crippen LogP contribution >= 0.6 is 15.9 Å². The molecule has 0 bridgehead atoms. The third kappa shape index (κ3) is 4.02. The topological polar surface area (TPSA) is 38.3 Å². The van der Waals surface area contributed by atoms with Crippen LogP contribution in [0.25, 0.3) is 0 Å². The molecule has 0 spiro atoms. The third-order valence-electron chi connectivity index (χ3n) is 3.04. The van der Waals surface area contributed by atoms with E-state index >= 15 is 0 Å². The van der Waals surface area contributed by atoms with Crippen LogP contribution in [0.4, 0.5) is 4.79 Å². The zero-order chi connectivity index (χ0) is 13.1. The maximum atomic E-state index is 11.9.